The van der Waals surface area contributed by atoms with Gasteiger partial charge in [-0.1, -0.05) is 38.2 Å². The fraction of sp³-hybridized carbons (Fsp3) is 0.500. The van der Waals surface area contributed by atoms with E-state index in [1.807, 2.05) is 11.8 Å². The fourth-order valence-electron chi connectivity index (χ4n) is 1.76. The van der Waals surface area contributed by atoms with E-state index in [-0.39, 0.29) is 0 Å². The maximum atomic E-state index is 5.55. The fourth-order valence-corrected chi connectivity index (χ4v) is 2.81. The molecule has 1 nitrogen and oxygen atoms in total. The van der Waals surface area contributed by atoms with E-state index >= 15 is 0 Å². The summed E-state index contributed by atoms with van der Waals surface area (Å²) in [6, 6.07) is 8.86. The van der Waals surface area contributed by atoms with Crippen LogP contribution in [0.1, 0.15) is 32.3 Å². The quantitative estimate of drug-likeness (QED) is 0.596. The monoisotopic (exact) mass is 267 g/mol. The first-order chi connectivity index (χ1) is 8.11. The lowest BCUT2D eigenvalue weighted by molar-refractivity contribution is 0.607. The summed E-state index contributed by atoms with van der Waals surface area (Å²) in [5.74, 6) is 1.72. The third-order valence-electron chi connectivity index (χ3n) is 2.53. The molecule has 3 heteroatoms. The summed E-state index contributed by atoms with van der Waals surface area (Å²) in [6.45, 7) is 4.40. The van der Waals surface area contributed by atoms with Gasteiger partial charge in [-0.25, -0.2) is 0 Å². The van der Waals surface area contributed by atoms with Crippen molar-refractivity contribution in [3.05, 3.63) is 29.8 Å². The minimum atomic E-state index is 0.529. The molecule has 1 atom stereocenters. The van der Waals surface area contributed by atoms with Crippen molar-refractivity contribution in [3.8, 4) is 0 Å². The molecule has 1 aromatic carbocycles. The Balaban J connectivity index is 2.47. The van der Waals surface area contributed by atoms with Crippen molar-refractivity contribution in [2.24, 2.45) is 11.7 Å². The van der Waals surface area contributed by atoms with Gasteiger partial charge < -0.3 is 5.73 Å². The molecule has 0 aromatic heterocycles. The van der Waals surface area contributed by atoms with Gasteiger partial charge in [0.2, 0.25) is 0 Å². The lowest BCUT2D eigenvalue weighted by Gasteiger charge is -2.10. The average molecular weight is 267 g/mol. The van der Waals surface area contributed by atoms with Crippen molar-refractivity contribution >= 4 is 29.0 Å². The van der Waals surface area contributed by atoms with Crippen LogP contribution in [0.15, 0.2) is 29.2 Å². The number of nitrogens with two attached hydrogens (primary N) is 1. The van der Waals surface area contributed by atoms with Gasteiger partial charge in [0.15, 0.2) is 0 Å². The van der Waals surface area contributed by atoms with E-state index in [0.29, 0.717) is 10.9 Å². The highest BCUT2D eigenvalue weighted by molar-refractivity contribution is 7.99. The Bertz CT molecular complexity index is 346. The molecule has 0 bridgehead atoms. The summed E-state index contributed by atoms with van der Waals surface area (Å²) in [7, 11) is 0. The molecular weight excluding hydrogens is 246 g/mol. The summed E-state index contributed by atoms with van der Waals surface area (Å²) in [6.07, 6.45) is 3.11. The highest BCUT2D eigenvalue weighted by Gasteiger charge is 2.05. The second-order valence-corrected chi connectivity index (χ2v) is 6.16. The van der Waals surface area contributed by atoms with Crippen LogP contribution >= 0.6 is 24.0 Å². The second-order valence-electron chi connectivity index (χ2n) is 4.47. The maximum Gasteiger partial charge on any atom is 0.0730 e. The van der Waals surface area contributed by atoms with E-state index in [0.717, 1.165) is 12.8 Å². The molecule has 0 saturated heterocycles. The molecular formula is C14H21NS2. The van der Waals surface area contributed by atoms with Gasteiger partial charge in [-0.3, -0.25) is 0 Å². The molecule has 0 aliphatic carbocycles. The molecule has 0 radical (unpaired) electrons. The predicted octanol–water partition coefficient (Wildman–Crippen LogP) is 4.04. The molecule has 0 heterocycles. The van der Waals surface area contributed by atoms with Gasteiger partial charge in [0.05, 0.1) is 4.99 Å². The van der Waals surface area contributed by atoms with Crippen LogP contribution in [0.3, 0.4) is 0 Å². The zero-order chi connectivity index (χ0) is 12.7. The molecule has 0 aliphatic rings. The molecule has 94 valence electrons. The van der Waals surface area contributed by atoms with E-state index in [2.05, 4.69) is 38.1 Å². The number of rotatable bonds is 7. The lowest BCUT2D eigenvalue weighted by Crippen LogP contribution is -2.13. The zero-order valence-electron chi connectivity index (χ0n) is 10.6. The van der Waals surface area contributed by atoms with Crippen molar-refractivity contribution < 1.29 is 0 Å². The molecule has 1 rings (SSSR count). The summed E-state index contributed by atoms with van der Waals surface area (Å²) in [5.41, 5.74) is 6.92. The number of thioether (sulfide) groups is 1. The summed E-state index contributed by atoms with van der Waals surface area (Å²) in [4.78, 5) is 1.98. The number of benzene rings is 1. The van der Waals surface area contributed by atoms with Crippen LogP contribution in [-0.2, 0) is 6.42 Å². The van der Waals surface area contributed by atoms with Gasteiger partial charge in [0.25, 0.3) is 0 Å². The van der Waals surface area contributed by atoms with E-state index in [4.69, 9.17) is 18.0 Å². The third kappa shape index (κ3) is 6.08. The summed E-state index contributed by atoms with van der Waals surface area (Å²) < 4.78 is 0. The lowest BCUT2D eigenvalue weighted by atomic mass is 9.98. The Labute approximate surface area is 114 Å². The van der Waals surface area contributed by atoms with Crippen LogP contribution in [0.5, 0.6) is 0 Å². The Kier molecular flexibility index (Phi) is 6.60. The van der Waals surface area contributed by atoms with E-state index in [1.165, 1.54) is 22.6 Å². The Hall–Kier alpha value is -0.540. The van der Waals surface area contributed by atoms with Gasteiger partial charge in [0.1, 0.15) is 0 Å². The topological polar surface area (TPSA) is 26.0 Å². The van der Waals surface area contributed by atoms with Crippen molar-refractivity contribution in [2.45, 2.75) is 38.0 Å². The molecule has 0 amide bonds. The van der Waals surface area contributed by atoms with Crippen molar-refractivity contribution in [3.63, 3.8) is 0 Å². The van der Waals surface area contributed by atoms with Crippen molar-refractivity contribution in [2.75, 3.05) is 5.75 Å². The Morgan fingerprint density at radius 2 is 2.00 bits per heavy atom. The first kappa shape index (κ1) is 14.5. The van der Waals surface area contributed by atoms with E-state index in [1.54, 1.807) is 0 Å². The van der Waals surface area contributed by atoms with E-state index < -0.39 is 0 Å². The Morgan fingerprint density at radius 1 is 1.35 bits per heavy atom. The highest BCUT2D eigenvalue weighted by Crippen LogP contribution is 2.20. The highest BCUT2D eigenvalue weighted by atomic mass is 32.2. The molecule has 2 N–H and O–H groups in total. The minimum Gasteiger partial charge on any atom is -0.393 e. The molecule has 0 saturated carbocycles. The molecule has 0 spiro atoms. The Morgan fingerprint density at radius 3 is 2.53 bits per heavy atom. The SMILES string of the molecule is CCCSc1ccc(CC(C)CC(N)=S)cc1. The maximum absolute atomic E-state index is 5.55. The standard InChI is InChI=1S/C14H21NS2/c1-3-8-17-13-6-4-12(5-7-13)9-11(2)10-14(15)16/h4-7,11H,3,8-10H2,1-2H3,(H2,15,16). The van der Waals surface area contributed by atoms with Gasteiger partial charge >= 0.3 is 0 Å². The van der Waals surface area contributed by atoms with Crippen molar-refractivity contribution in [1.82, 2.24) is 0 Å². The second kappa shape index (κ2) is 7.72. The van der Waals surface area contributed by atoms with E-state index in [9.17, 15) is 0 Å². The van der Waals surface area contributed by atoms with Crippen LogP contribution in [0.2, 0.25) is 0 Å². The smallest absolute Gasteiger partial charge is 0.0730 e. The first-order valence-electron chi connectivity index (χ1n) is 6.12. The van der Waals surface area contributed by atoms with Crippen LogP contribution in [-0.4, -0.2) is 10.7 Å². The largest absolute Gasteiger partial charge is 0.393 e. The molecule has 1 aromatic rings. The van der Waals surface area contributed by atoms with Crippen LogP contribution in [0.25, 0.3) is 0 Å². The summed E-state index contributed by atoms with van der Waals surface area (Å²) in [5, 5.41) is 0. The number of hydrogen-bond donors (Lipinski definition) is 1. The molecule has 0 fully saturated rings. The summed E-state index contributed by atoms with van der Waals surface area (Å²) >= 11 is 6.85. The van der Waals surface area contributed by atoms with Gasteiger partial charge in [0, 0.05) is 11.3 Å². The normalized spacial score (nSPS) is 12.4. The van der Waals surface area contributed by atoms with Crippen LogP contribution in [0.4, 0.5) is 0 Å². The van der Waals surface area contributed by atoms with Gasteiger partial charge in [-0.15, -0.1) is 11.8 Å². The third-order valence-corrected chi connectivity index (χ3v) is 3.91. The predicted molar refractivity (Wildman–Crippen MR) is 81.7 cm³/mol. The van der Waals surface area contributed by atoms with Gasteiger partial charge in [-0.05, 0) is 42.2 Å². The number of thiocarbonyl (C=S) groups is 1. The zero-order valence-corrected chi connectivity index (χ0v) is 12.2. The molecule has 0 aliphatic heterocycles. The van der Waals surface area contributed by atoms with Crippen LogP contribution < -0.4 is 5.73 Å². The molecule has 1 unspecified atom stereocenters. The van der Waals surface area contributed by atoms with Crippen molar-refractivity contribution in [1.29, 1.82) is 0 Å². The minimum absolute atomic E-state index is 0.529. The van der Waals surface area contributed by atoms with Crippen LogP contribution in [0, 0.1) is 5.92 Å². The first-order valence-corrected chi connectivity index (χ1v) is 7.51. The van der Waals surface area contributed by atoms with Gasteiger partial charge in [-0.2, -0.15) is 0 Å². The molecule has 17 heavy (non-hydrogen) atoms. The average Bonchev–Trinajstić information content (AvgIpc) is 2.27. The number of hydrogen-bond acceptors (Lipinski definition) is 2.